The second-order valence-electron chi connectivity index (χ2n) is 5.02. The average molecular weight is 379 g/mol. The number of nitrogens with zero attached hydrogens (tertiary/aromatic N) is 1. The van der Waals surface area contributed by atoms with E-state index >= 15 is 0 Å². The molecule has 1 amide bonds. The molecule has 0 saturated heterocycles. The largest absolute Gasteiger partial charge is 0.441 e. The summed E-state index contributed by atoms with van der Waals surface area (Å²) in [5, 5.41) is 2.91. The number of carbonyl (C=O) groups is 1. The monoisotopic (exact) mass is 378 g/mol. The van der Waals surface area contributed by atoms with Gasteiger partial charge in [-0.25, -0.2) is 4.98 Å². The number of fused-ring (bicyclic) bond motifs is 1. The summed E-state index contributed by atoms with van der Waals surface area (Å²) in [5.41, 5.74) is 2.25. The number of hydrogen-bond acceptors (Lipinski definition) is 4. The Balaban J connectivity index is 1.53. The van der Waals surface area contributed by atoms with Gasteiger partial charge in [-0.05, 0) is 59.1 Å². The Hall–Kier alpha value is -1.66. The highest BCUT2D eigenvalue weighted by Gasteiger charge is 2.07. The fourth-order valence-electron chi connectivity index (χ4n) is 2.25. The number of nitrogens with one attached hydrogen (secondary N) is 1. The van der Waals surface area contributed by atoms with Gasteiger partial charge in [0, 0.05) is 23.9 Å². The molecule has 0 fully saturated rings. The normalized spacial score (nSPS) is 11.0. The van der Waals surface area contributed by atoms with Crippen LogP contribution in [0.25, 0.3) is 11.1 Å². The molecular weight excluding hydrogens is 364 g/mol. The minimum Gasteiger partial charge on any atom is -0.441 e. The number of halogens is 1. The molecule has 1 N–H and O–H groups in total. The van der Waals surface area contributed by atoms with Gasteiger partial charge >= 0.3 is 0 Å². The van der Waals surface area contributed by atoms with Gasteiger partial charge in [-0.15, -0.1) is 11.3 Å². The van der Waals surface area contributed by atoms with Crippen LogP contribution in [-0.2, 0) is 11.2 Å². The molecule has 0 unspecified atom stereocenters. The van der Waals surface area contributed by atoms with Crippen LogP contribution in [-0.4, -0.2) is 10.9 Å². The number of hydrogen-bond donors (Lipinski definition) is 1. The number of rotatable bonds is 5. The zero-order chi connectivity index (χ0) is 15.5. The molecule has 0 atom stereocenters. The lowest BCUT2D eigenvalue weighted by Gasteiger charge is -2.04. The Morgan fingerprint density at radius 1 is 1.36 bits per heavy atom. The van der Waals surface area contributed by atoms with Gasteiger partial charge in [0.25, 0.3) is 0 Å². The van der Waals surface area contributed by atoms with Crippen molar-refractivity contribution in [2.24, 2.45) is 0 Å². The SMILES string of the molecule is Cc1nc2cc(NC(=O)CCCc3ccc(Br)s3)ccc2o1. The molecule has 0 saturated carbocycles. The van der Waals surface area contributed by atoms with Gasteiger partial charge in [-0.3, -0.25) is 4.79 Å². The molecule has 4 nitrogen and oxygen atoms in total. The van der Waals surface area contributed by atoms with Crippen molar-refractivity contribution < 1.29 is 9.21 Å². The van der Waals surface area contributed by atoms with Crippen molar-refractivity contribution in [2.45, 2.75) is 26.2 Å². The van der Waals surface area contributed by atoms with E-state index in [-0.39, 0.29) is 5.91 Å². The molecular formula is C16H15BrN2O2S. The number of aromatic nitrogens is 1. The van der Waals surface area contributed by atoms with Crippen LogP contribution < -0.4 is 5.32 Å². The van der Waals surface area contributed by atoms with Crippen molar-refractivity contribution in [1.82, 2.24) is 4.98 Å². The first-order chi connectivity index (χ1) is 10.6. The molecule has 0 bridgehead atoms. The maximum atomic E-state index is 12.0. The molecule has 114 valence electrons. The highest BCUT2D eigenvalue weighted by molar-refractivity contribution is 9.11. The minimum absolute atomic E-state index is 0.0233. The lowest BCUT2D eigenvalue weighted by molar-refractivity contribution is -0.116. The molecule has 0 radical (unpaired) electrons. The molecule has 1 aromatic carbocycles. The van der Waals surface area contributed by atoms with E-state index in [1.807, 2.05) is 24.3 Å². The standard InChI is InChI=1S/C16H15BrN2O2S/c1-10-18-13-9-11(5-7-14(13)21-10)19-16(20)4-2-3-12-6-8-15(17)22-12/h5-9H,2-4H2,1H3,(H,19,20). The van der Waals surface area contributed by atoms with Crippen molar-refractivity contribution in [3.8, 4) is 0 Å². The van der Waals surface area contributed by atoms with Crippen LogP contribution in [0.2, 0.25) is 0 Å². The first kappa shape index (κ1) is 15.2. The van der Waals surface area contributed by atoms with Crippen molar-refractivity contribution in [3.63, 3.8) is 0 Å². The zero-order valence-corrected chi connectivity index (χ0v) is 14.5. The molecule has 0 aliphatic rings. The van der Waals surface area contributed by atoms with Crippen LogP contribution in [0.4, 0.5) is 5.69 Å². The van der Waals surface area contributed by atoms with E-state index in [1.165, 1.54) is 4.88 Å². The van der Waals surface area contributed by atoms with E-state index in [9.17, 15) is 4.79 Å². The summed E-state index contributed by atoms with van der Waals surface area (Å²) in [6.07, 6.45) is 2.26. The van der Waals surface area contributed by atoms with Crippen LogP contribution in [0.1, 0.15) is 23.6 Å². The van der Waals surface area contributed by atoms with Gasteiger partial charge in [0.1, 0.15) is 5.52 Å². The van der Waals surface area contributed by atoms with Crippen molar-refractivity contribution in [3.05, 3.63) is 44.9 Å². The number of amides is 1. The summed E-state index contributed by atoms with van der Waals surface area (Å²) >= 11 is 5.16. The van der Waals surface area contributed by atoms with Crippen LogP contribution in [0.15, 0.2) is 38.5 Å². The number of aryl methyl sites for hydroxylation is 2. The Morgan fingerprint density at radius 3 is 3.00 bits per heavy atom. The van der Waals surface area contributed by atoms with Gasteiger partial charge in [0.15, 0.2) is 11.5 Å². The molecule has 0 aliphatic heterocycles. The summed E-state index contributed by atoms with van der Waals surface area (Å²) in [6.45, 7) is 1.81. The number of anilines is 1. The molecule has 2 aromatic heterocycles. The van der Waals surface area contributed by atoms with Crippen molar-refractivity contribution in [2.75, 3.05) is 5.32 Å². The highest BCUT2D eigenvalue weighted by Crippen LogP contribution is 2.24. The predicted molar refractivity (Wildman–Crippen MR) is 92.3 cm³/mol. The second-order valence-corrected chi connectivity index (χ2v) is 7.57. The molecule has 0 spiro atoms. The molecule has 0 aliphatic carbocycles. The predicted octanol–water partition coefficient (Wildman–Crippen LogP) is 4.92. The maximum absolute atomic E-state index is 12.0. The maximum Gasteiger partial charge on any atom is 0.224 e. The van der Waals surface area contributed by atoms with E-state index in [0.29, 0.717) is 12.3 Å². The lowest BCUT2D eigenvalue weighted by atomic mass is 10.2. The van der Waals surface area contributed by atoms with E-state index in [2.05, 4.69) is 32.3 Å². The number of thiophene rings is 1. The van der Waals surface area contributed by atoms with Crippen molar-refractivity contribution >= 4 is 50.0 Å². The summed E-state index contributed by atoms with van der Waals surface area (Å²) in [7, 11) is 0. The van der Waals surface area contributed by atoms with Crippen molar-refractivity contribution in [1.29, 1.82) is 0 Å². The third kappa shape index (κ3) is 3.75. The van der Waals surface area contributed by atoms with Gasteiger partial charge in [-0.2, -0.15) is 0 Å². The van der Waals surface area contributed by atoms with Gasteiger partial charge < -0.3 is 9.73 Å². The molecule has 22 heavy (non-hydrogen) atoms. The first-order valence-corrected chi connectivity index (χ1v) is 8.62. The van der Waals surface area contributed by atoms with Gasteiger partial charge in [0.05, 0.1) is 3.79 Å². The van der Waals surface area contributed by atoms with Gasteiger partial charge in [-0.1, -0.05) is 0 Å². The zero-order valence-electron chi connectivity index (χ0n) is 12.1. The lowest BCUT2D eigenvalue weighted by Crippen LogP contribution is -2.11. The summed E-state index contributed by atoms with van der Waals surface area (Å²) in [4.78, 5) is 17.5. The fourth-order valence-corrected chi connectivity index (χ4v) is 3.78. The van der Waals surface area contributed by atoms with Crippen LogP contribution >= 0.6 is 27.3 Å². The summed E-state index contributed by atoms with van der Waals surface area (Å²) in [6, 6.07) is 9.62. The average Bonchev–Trinajstić information content (AvgIpc) is 3.03. The Kier molecular flexibility index (Phi) is 4.59. The molecule has 6 heteroatoms. The van der Waals surface area contributed by atoms with E-state index < -0.39 is 0 Å². The molecule has 3 aromatic rings. The smallest absolute Gasteiger partial charge is 0.224 e. The van der Waals surface area contributed by atoms with Gasteiger partial charge in [0.2, 0.25) is 5.91 Å². The van der Waals surface area contributed by atoms with E-state index in [1.54, 1.807) is 18.3 Å². The number of benzene rings is 1. The summed E-state index contributed by atoms with van der Waals surface area (Å²) < 4.78 is 6.55. The number of oxazole rings is 1. The topological polar surface area (TPSA) is 55.1 Å². The Labute approximate surface area is 140 Å². The number of carbonyl (C=O) groups excluding carboxylic acids is 1. The van der Waals surface area contributed by atoms with E-state index in [0.717, 1.165) is 33.4 Å². The second kappa shape index (κ2) is 6.62. The Bertz CT molecular complexity index is 809. The molecule has 2 heterocycles. The minimum atomic E-state index is 0.0233. The molecule has 3 rings (SSSR count). The fraction of sp³-hybridized carbons (Fsp3) is 0.250. The first-order valence-electron chi connectivity index (χ1n) is 7.01. The summed E-state index contributed by atoms with van der Waals surface area (Å²) in [5.74, 6) is 0.649. The third-order valence-corrected chi connectivity index (χ3v) is 4.92. The van der Waals surface area contributed by atoms with Crippen LogP contribution in [0.3, 0.4) is 0 Å². The quantitative estimate of drug-likeness (QED) is 0.685. The van der Waals surface area contributed by atoms with Crippen LogP contribution in [0.5, 0.6) is 0 Å². The van der Waals surface area contributed by atoms with E-state index in [4.69, 9.17) is 4.42 Å². The third-order valence-electron chi connectivity index (χ3n) is 3.23. The van der Waals surface area contributed by atoms with Crippen LogP contribution in [0, 0.1) is 6.92 Å². The highest BCUT2D eigenvalue weighted by atomic mass is 79.9. The Morgan fingerprint density at radius 2 is 2.23 bits per heavy atom.